The van der Waals surface area contributed by atoms with E-state index in [-0.39, 0.29) is 0 Å². The van der Waals surface area contributed by atoms with Gasteiger partial charge >= 0.3 is 5.97 Å². The number of H-pyrrole nitrogens is 1. The van der Waals surface area contributed by atoms with E-state index in [4.69, 9.17) is 0 Å². The van der Waals surface area contributed by atoms with Crippen molar-refractivity contribution in [1.82, 2.24) is 9.97 Å². The number of nitrogens with zero attached hydrogens (tertiary/aromatic N) is 1. The highest BCUT2D eigenvalue weighted by atomic mass is 16.5. The number of rotatable bonds is 2. The van der Waals surface area contributed by atoms with Gasteiger partial charge in [-0.2, -0.15) is 0 Å². The maximum Gasteiger partial charge on any atom is 0.356 e. The average molecular weight is 252 g/mol. The zero-order chi connectivity index (χ0) is 13.2. The number of aromatic nitrogens is 2. The Balaban J connectivity index is 2.04. The molecule has 2 aromatic carbocycles. The fourth-order valence-corrected chi connectivity index (χ4v) is 2.02. The maximum absolute atomic E-state index is 11.4. The van der Waals surface area contributed by atoms with E-state index in [9.17, 15) is 4.79 Å². The largest absolute Gasteiger partial charge is 0.464 e. The zero-order valence-electron chi connectivity index (χ0n) is 10.4. The van der Waals surface area contributed by atoms with Crippen molar-refractivity contribution in [3.63, 3.8) is 0 Å². The van der Waals surface area contributed by atoms with E-state index in [1.165, 1.54) is 18.7 Å². The molecule has 0 fully saturated rings. The molecule has 0 atom stereocenters. The fraction of sp³-hybridized carbons (Fsp3) is 0.0667. The van der Waals surface area contributed by atoms with Crippen molar-refractivity contribution in [2.24, 2.45) is 0 Å². The molecular weight excluding hydrogens is 240 g/mol. The number of nitrogens with one attached hydrogen (secondary N) is 1. The summed E-state index contributed by atoms with van der Waals surface area (Å²) in [5.74, 6) is 0.241. The molecule has 1 heterocycles. The van der Waals surface area contributed by atoms with Crippen LogP contribution in [0, 0.1) is 0 Å². The van der Waals surface area contributed by atoms with Crippen LogP contribution >= 0.6 is 0 Å². The Labute approximate surface area is 110 Å². The summed E-state index contributed by atoms with van der Waals surface area (Å²) < 4.78 is 4.65. The molecule has 0 aliphatic rings. The van der Waals surface area contributed by atoms with Gasteiger partial charge in [-0.25, -0.2) is 9.78 Å². The summed E-state index contributed by atoms with van der Waals surface area (Å²) in [4.78, 5) is 18.5. The molecule has 0 spiro atoms. The van der Waals surface area contributed by atoms with E-state index >= 15 is 0 Å². The van der Waals surface area contributed by atoms with Gasteiger partial charge in [0.05, 0.1) is 13.3 Å². The summed E-state index contributed by atoms with van der Waals surface area (Å²) in [6.07, 6.45) is 1.48. The van der Waals surface area contributed by atoms with Crippen LogP contribution in [0.5, 0.6) is 0 Å². The van der Waals surface area contributed by atoms with Crippen molar-refractivity contribution >= 4 is 16.7 Å². The lowest BCUT2D eigenvalue weighted by Gasteiger charge is -2.01. The normalized spacial score (nSPS) is 10.6. The topological polar surface area (TPSA) is 55.0 Å². The Kier molecular flexibility index (Phi) is 2.76. The first-order chi connectivity index (χ1) is 9.28. The van der Waals surface area contributed by atoms with Gasteiger partial charge < -0.3 is 9.72 Å². The molecule has 0 saturated carbocycles. The summed E-state index contributed by atoms with van der Waals surface area (Å²) in [5.41, 5.74) is 1.29. The second-order valence-corrected chi connectivity index (χ2v) is 4.20. The van der Waals surface area contributed by atoms with E-state index in [1.54, 1.807) is 0 Å². The molecule has 0 aliphatic carbocycles. The molecule has 19 heavy (non-hydrogen) atoms. The SMILES string of the molecule is COC(=O)c1cnc(-c2ccc3ccccc3c2)[nH]1. The lowest BCUT2D eigenvalue weighted by Crippen LogP contribution is -2.00. The van der Waals surface area contributed by atoms with E-state index in [0.717, 1.165) is 10.9 Å². The first kappa shape index (κ1) is 11.5. The number of imidazole rings is 1. The smallest absolute Gasteiger partial charge is 0.356 e. The molecule has 0 bridgehead atoms. The van der Waals surface area contributed by atoms with Crippen LogP contribution < -0.4 is 0 Å². The Morgan fingerprint density at radius 1 is 1.16 bits per heavy atom. The molecule has 3 rings (SSSR count). The van der Waals surface area contributed by atoms with Crippen LogP contribution in [0.4, 0.5) is 0 Å². The molecule has 3 aromatic rings. The van der Waals surface area contributed by atoms with Crippen molar-refractivity contribution in [2.45, 2.75) is 0 Å². The molecule has 0 unspecified atom stereocenters. The van der Waals surface area contributed by atoms with Gasteiger partial charge in [-0.3, -0.25) is 0 Å². The molecule has 0 saturated heterocycles. The predicted octanol–water partition coefficient (Wildman–Crippen LogP) is 3.02. The van der Waals surface area contributed by atoms with E-state index in [1.807, 2.05) is 36.4 Å². The molecule has 1 N–H and O–H groups in total. The van der Waals surface area contributed by atoms with Crippen LogP contribution in [0.3, 0.4) is 0 Å². The van der Waals surface area contributed by atoms with Crippen LogP contribution in [0.2, 0.25) is 0 Å². The molecule has 4 heteroatoms. The minimum absolute atomic E-state index is 0.352. The molecule has 0 amide bonds. The van der Waals surface area contributed by atoms with Gasteiger partial charge in [-0.1, -0.05) is 36.4 Å². The zero-order valence-corrected chi connectivity index (χ0v) is 10.4. The molecule has 4 nitrogen and oxygen atoms in total. The maximum atomic E-state index is 11.4. The number of esters is 1. The van der Waals surface area contributed by atoms with Gasteiger partial charge in [0.1, 0.15) is 11.5 Å². The number of aromatic amines is 1. The molecule has 0 radical (unpaired) electrons. The average Bonchev–Trinajstić information content (AvgIpc) is 2.95. The molecule has 1 aromatic heterocycles. The van der Waals surface area contributed by atoms with Crippen LogP contribution in [0.25, 0.3) is 22.2 Å². The minimum Gasteiger partial charge on any atom is -0.464 e. The van der Waals surface area contributed by atoms with Gasteiger partial charge in [-0.15, -0.1) is 0 Å². The molecular formula is C15H12N2O2. The fourth-order valence-electron chi connectivity index (χ4n) is 2.02. The number of carbonyl (C=O) groups is 1. The highest BCUT2D eigenvalue weighted by Crippen LogP contribution is 2.22. The monoisotopic (exact) mass is 252 g/mol. The third-order valence-corrected chi connectivity index (χ3v) is 3.00. The van der Waals surface area contributed by atoms with Gasteiger partial charge in [0.25, 0.3) is 0 Å². The Morgan fingerprint density at radius 3 is 2.74 bits per heavy atom. The summed E-state index contributed by atoms with van der Waals surface area (Å²) in [6.45, 7) is 0. The summed E-state index contributed by atoms with van der Waals surface area (Å²) in [5, 5.41) is 2.31. The van der Waals surface area contributed by atoms with E-state index < -0.39 is 5.97 Å². The van der Waals surface area contributed by atoms with Crippen molar-refractivity contribution in [3.05, 3.63) is 54.4 Å². The summed E-state index contributed by atoms with van der Waals surface area (Å²) >= 11 is 0. The second kappa shape index (κ2) is 4.57. The summed E-state index contributed by atoms with van der Waals surface area (Å²) in [7, 11) is 1.35. The quantitative estimate of drug-likeness (QED) is 0.713. The van der Waals surface area contributed by atoms with Crippen LogP contribution in [0.15, 0.2) is 48.7 Å². The van der Waals surface area contributed by atoms with E-state index in [2.05, 4.69) is 20.8 Å². The number of ether oxygens (including phenoxy) is 1. The van der Waals surface area contributed by atoms with Crippen molar-refractivity contribution < 1.29 is 9.53 Å². The van der Waals surface area contributed by atoms with Crippen molar-refractivity contribution in [1.29, 1.82) is 0 Å². The Hall–Kier alpha value is -2.62. The number of hydrogen-bond donors (Lipinski definition) is 1. The van der Waals surface area contributed by atoms with Crippen LogP contribution in [-0.2, 0) is 4.74 Å². The first-order valence-corrected chi connectivity index (χ1v) is 5.90. The van der Waals surface area contributed by atoms with Gasteiger partial charge in [-0.05, 0) is 16.8 Å². The highest BCUT2D eigenvalue weighted by molar-refractivity contribution is 5.89. The van der Waals surface area contributed by atoms with Gasteiger partial charge in [0.2, 0.25) is 0 Å². The lowest BCUT2D eigenvalue weighted by molar-refractivity contribution is 0.0595. The minimum atomic E-state index is -0.417. The Bertz CT molecular complexity index is 746. The predicted molar refractivity (Wildman–Crippen MR) is 72.9 cm³/mol. The number of benzene rings is 2. The summed E-state index contributed by atoms with van der Waals surface area (Å²) in [6, 6.07) is 14.1. The van der Waals surface area contributed by atoms with Crippen LogP contribution in [-0.4, -0.2) is 23.0 Å². The van der Waals surface area contributed by atoms with Gasteiger partial charge in [0, 0.05) is 5.56 Å². The van der Waals surface area contributed by atoms with Crippen molar-refractivity contribution in [2.75, 3.05) is 7.11 Å². The number of methoxy groups -OCH3 is 1. The number of fused-ring (bicyclic) bond motifs is 1. The van der Waals surface area contributed by atoms with Crippen molar-refractivity contribution in [3.8, 4) is 11.4 Å². The van der Waals surface area contributed by atoms with Gasteiger partial charge in [0.15, 0.2) is 0 Å². The molecule has 94 valence electrons. The highest BCUT2D eigenvalue weighted by Gasteiger charge is 2.10. The first-order valence-electron chi connectivity index (χ1n) is 5.90. The van der Waals surface area contributed by atoms with E-state index in [0.29, 0.717) is 11.5 Å². The third-order valence-electron chi connectivity index (χ3n) is 3.00. The molecule has 0 aliphatic heterocycles. The standard InChI is InChI=1S/C15H12N2O2/c1-19-15(18)13-9-16-14(17-13)12-7-6-10-4-2-3-5-11(10)8-12/h2-9H,1H3,(H,16,17). The number of hydrogen-bond acceptors (Lipinski definition) is 3. The third kappa shape index (κ3) is 2.08. The van der Waals surface area contributed by atoms with Crippen LogP contribution in [0.1, 0.15) is 10.5 Å². The number of carbonyl (C=O) groups excluding carboxylic acids is 1. The lowest BCUT2D eigenvalue weighted by atomic mass is 10.1. The Morgan fingerprint density at radius 2 is 1.95 bits per heavy atom. The second-order valence-electron chi connectivity index (χ2n) is 4.20.